The van der Waals surface area contributed by atoms with Crippen molar-refractivity contribution in [3.8, 4) is 0 Å². The molecule has 0 amide bonds. The molecule has 7 nitrogen and oxygen atoms in total. The number of aryl methyl sites for hydroxylation is 1. The van der Waals surface area contributed by atoms with Crippen LogP contribution in [-0.4, -0.2) is 45.0 Å². The summed E-state index contributed by atoms with van der Waals surface area (Å²) in [6.07, 6.45) is 1.95. The van der Waals surface area contributed by atoms with Gasteiger partial charge in [0.15, 0.2) is 0 Å². The van der Waals surface area contributed by atoms with E-state index in [0.717, 1.165) is 0 Å². The van der Waals surface area contributed by atoms with Gasteiger partial charge in [-0.15, -0.1) is 10.2 Å². The van der Waals surface area contributed by atoms with Gasteiger partial charge < -0.3 is 20.3 Å². The summed E-state index contributed by atoms with van der Waals surface area (Å²) in [6, 6.07) is -0.875. The number of anilines is 1. The molecule has 16 heavy (non-hydrogen) atoms. The Labute approximate surface area is 93.9 Å². The van der Waals surface area contributed by atoms with Gasteiger partial charge in [-0.1, -0.05) is 0 Å². The molecule has 0 fully saturated rings. The van der Waals surface area contributed by atoms with Crippen molar-refractivity contribution in [2.75, 3.05) is 11.9 Å². The number of carboxylic acid groups (broad SMARTS) is 1. The van der Waals surface area contributed by atoms with E-state index < -0.39 is 12.0 Å². The molecule has 1 aromatic heterocycles. The lowest BCUT2D eigenvalue weighted by Gasteiger charge is -2.26. The van der Waals surface area contributed by atoms with Gasteiger partial charge in [-0.25, -0.2) is 0 Å². The normalized spacial score (nSPS) is 14.5. The first-order valence-electron chi connectivity index (χ1n) is 4.98. The fourth-order valence-electron chi connectivity index (χ4n) is 1.42. The van der Waals surface area contributed by atoms with Crippen LogP contribution in [-0.2, 0) is 11.8 Å². The van der Waals surface area contributed by atoms with Crippen LogP contribution in [0.5, 0.6) is 0 Å². The first kappa shape index (κ1) is 12.4. The number of nitrogens with zero attached hydrogens (tertiary/aromatic N) is 4. The van der Waals surface area contributed by atoms with E-state index in [9.17, 15) is 4.79 Å². The Morgan fingerprint density at radius 3 is 2.81 bits per heavy atom. The average Bonchev–Trinajstić information content (AvgIpc) is 2.62. The minimum Gasteiger partial charge on any atom is -0.480 e. The van der Waals surface area contributed by atoms with Crippen LogP contribution in [0.2, 0.25) is 0 Å². The molecule has 90 valence electrons. The molecule has 0 saturated carbocycles. The van der Waals surface area contributed by atoms with Crippen molar-refractivity contribution < 1.29 is 9.90 Å². The van der Waals surface area contributed by atoms with Crippen LogP contribution in [0.25, 0.3) is 0 Å². The molecule has 0 bridgehead atoms. The summed E-state index contributed by atoms with van der Waals surface area (Å²) >= 11 is 0. The molecule has 0 aliphatic rings. The molecule has 2 unspecified atom stereocenters. The largest absolute Gasteiger partial charge is 0.480 e. The third-order valence-corrected chi connectivity index (χ3v) is 2.58. The molecule has 0 radical (unpaired) electrons. The standard InChI is InChI=1S/C9H17N5O2/c1-6(4-7(10)8(15)16)14(3)9-12-11-5-13(9)2/h5-7H,4,10H2,1-3H3,(H,15,16). The Morgan fingerprint density at radius 2 is 2.38 bits per heavy atom. The van der Waals surface area contributed by atoms with Crippen LogP contribution in [0.3, 0.4) is 0 Å². The molecule has 0 saturated heterocycles. The van der Waals surface area contributed by atoms with Crippen LogP contribution in [0, 0.1) is 0 Å². The quantitative estimate of drug-likeness (QED) is 0.700. The third-order valence-electron chi connectivity index (χ3n) is 2.58. The first-order chi connectivity index (χ1) is 7.43. The van der Waals surface area contributed by atoms with Gasteiger partial charge in [-0.3, -0.25) is 4.79 Å². The van der Waals surface area contributed by atoms with E-state index >= 15 is 0 Å². The maximum absolute atomic E-state index is 10.6. The van der Waals surface area contributed by atoms with Crippen molar-refractivity contribution in [3.63, 3.8) is 0 Å². The maximum Gasteiger partial charge on any atom is 0.320 e. The van der Waals surface area contributed by atoms with Crippen LogP contribution in [0.1, 0.15) is 13.3 Å². The SMILES string of the molecule is CC(CC(N)C(=O)O)N(C)c1nncn1C. The second-order valence-electron chi connectivity index (χ2n) is 3.88. The fraction of sp³-hybridized carbons (Fsp3) is 0.667. The zero-order valence-corrected chi connectivity index (χ0v) is 9.66. The highest BCUT2D eigenvalue weighted by Crippen LogP contribution is 2.12. The van der Waals surface area contributed by atoms with Crippen molar-refractivity contribution in [1.29, 1.82) is 0 Å². The molecule has 1 aromatic rings. The topological polar surface area (TPSA) is 97.3 Å². The van der Waals surface area contributed by atoms with Crippen molar-refractivity contribution >= 4 is 11.9 Å². The fourth-order valence-corrected chi connectivity index (χ4v) is 1.42. The van der Waals surface area contributed by atoms with Crippen LogP contribution < -0.4 is 10.6 Å². The zero-order chi connectivity index (χ0) is 12.3. The van der Waals surface area contributed by atoms with Crippen LogP contribution in [0.4, 0.5) is 5.95 Å². The van der Waals surface area contributed by atoms with Gasteiger partial charge in [0.25, 0.3) is 0 Å². The van der Waals surface area contributed by atoms with E-state index in [0.29, 0.717) is 12.4 Å². The van der Waals surface area contributed by atoms with Gasteiger partial charge in [-0.05, 0) is 13.3 Å². The molecule has 0 spiro atoms. The highest BCUT2D eigenvalue weighted by Gasteiger charge is 2.20. The number of carboxylic acids is 1. The van der Waals surface area contributed by atoms with Gasteiger partial charge >= 0.3 is 5.97 Å². The Kier molecular flexibility index (Phi) is 3.83. The summed E-state index contributed by atoms with van der Waals surface area (Å²) in [5.74, 6) is -0.302. The predicted octanol–water partition coefficient (Wildman–Crippen LogP) is -0.558. The smallest absolute Gasteiger partial charge is 0.320 e. The molecule has 3 N–H and O–H groups in total. The summed E-state index contributed by atoms with van der Waals surface area (Å²) < 4.78 is 1.77. The van der Waals surface area contributed by atoms with E-state index in [1.807, 2.05) is 25.9 Å². The van der Waals surface area contributed by atoms with E-state index in [1.165, 1.54) is 0 Å². The number of rotatable bonds is 5. The van der Waals surface area contributed by atoms with Gasteiger partial charge in [0, 0.05) is 20.1 Å². The molecule has 0 aromatic carbocycles. The number of hydrogen-bond donors (Lipinski definition) is 2. The minimum atomic E-state index is -0.988. The molecule has 1 rings (SSSR count). The number of aromatic nitrogens is 3. The maximum atomic E-state index is 10.6. The first-order valence-corrected chi connectivity index (χ1v) is 4.98. The van der Waals surface area contributed by atoms with E-state index in [2.05, 4.69) is 10.2 Å². The van der Waals surface area contributed by atoms with Gasteiger partial charge in [0.1, 0.15) is 12.4 Å². The van der Waals surface area contributed by atoms with Crippen LogP contribution >= 0.6 is 0 Å². The second kappa shape index (κ2) is 4.93. The predicted molar refractivity (Wildman–Crippen MR) is 59.1 cm³/mol. The monoisotopic (exact) mass is 227 g/mol. The lowest BCUT2D eigenvalue weighted by Crippen LogP contribution is -2.40. The van der Waals surface area contributed by atoms with Gasteiger partial charge in [0.05, 0.1) is 0 Å². The molecule has 0 aliphatic heterocycles. The highest BCUT2D eigenvalue weighted by atomic mass is 16.4. The van der Waals surface area contributed by atoms with E-state index in [4.69, 9.17) is 10.8 Å². The molecule has 7 heteroatoms. The second-order valence-corrected chi connectivity index (χ2v) is 3.88. The van der Waals surface area contributed by atoms with E-state index in [-0.39, 0.29) is 6.04 Å². The third kappa shape index (κ3) is 2.69. The lowest BCUT2D eigenvalue weighted by molar-refractivity contribution is -0.138. The molecule has 0 aliphatic carbocycles. The Hall–Kier alpha value is -1.63. The average molecular weight is 227 g/mol. The zero-order valence-electron chi connectivity index (χ0n) is 9.66. The molecular formula is C9H17N5O2. The van der Waals surface area contributed by atoms with Crippen molar-refractivity contribution in [3.05, 3.63) is 6.33 Å². The Bertz CT molecular complexity index is 365. The van der Waals surface area contributed by atoms with Crippen molar-refractivity contribution in [2.24, 2.45) is 12.8 Å². The van der Waals surface area contributed by atoms with Gasteiger partial charge in [0.2, 0.25) is 5.95 Å². The van der Waals surface area contributed by atoms with Crippen molar-refractivity contribution in [1.82, 2.24) is 14.8 Å². The summed E-state index contributed by atoms with van der Waals surface area (Å²) in [5.41, 5.74) is 5.48. The minimum absolute atomic E-state index is 0.0194. The van der Waals surface area contributed by atoms with Gasteiger partial charge in [-0.2, -0.15) is 0 Å². The number of carbonyl (C=O) groups is 1. The Morgan fingerprint density at radius 1 is 1.75 bits per heavy atom. The summed E-state index contributed by atoms with van der Waals surface area (Å²) in [5, 5.41) is 16.4. The lowest BCUT2D eigenvalue weighted by atomic mass is 10.1. The molecular weight excluding hydrogens is 210 g/mol. The number of aliphatic carboxylic acids is 1. The summed E-state index contributed by atoms with van der Waals surface area (Å²) in [6.45, 7) is 1.90. The Balaban J connectivity index is 2.64. The summed E-state index contributed by atoms with van der Waals surface area (Å²) in [7, 11) is 3.67. The number of hydrogen-bond acceptors (Lipinski definition) is 5. The number of nitrogens with two attached hydrogens (primary N) is 1. The van der Waals surface area contributed by atoms with E-state index in [1.54, 1.807) is 10.9 Å². The summed E-state index contributed by atoms with van der Waals surface area (Å²) in [4.78, 5) is 12.5. The highest BCUT2D eigenvalue weighted by molar-refractivity contribution is 5.73. The molecule has 2 atom stereocenters. The van der Waals surface area contributed by atoms with Crippen LogP contribution in [0.15, 0.2) is 6.33 Å². The molecule has 1 heterocycles. The van der Waals surface area contributed by atoms with Crippen molar-refractivity contribution in [2.45, 2.75) is 25.4 Å².